The second-order valence-electron chi connectivity index (χ2n) is 7.41. The fourth-order valence-electron chi connectivity index (χ4n) is 4.02. The number of benzene rings is 2. The lowest BCUT2D eigenvalue weighted by Crippen LogP contribution is -2.36. The average Bonchev–Trinajstić information content (AvgIpc) is 3.36. The molecule has 0 aliphatic carbocycles. The van der Waals surface area contributed by atoms with Crippen LogP contribution in [0.5, 0.6) is 11.5 Å². The molecule has 2 aliphatic rings. The SMILES string of the molecule is COc1ccc(/C(O)=C2\C(=O)C(=O)N(C[C@@H]3CCCO3)[C@@H]2c2cccc(O)c2)cc1. The molecule has 2 heterocycles. The van der Waals surface area contributed by atoms with Crippen LogP contribution in [0.4, 0.5) is 0 Å². The number of hydrogen-bond donors (Lipinski definition) is 2. The number of nitrogens with zero attached hydrogens (tertiary/aromatic N) is 1. The van der Waals surface area contributed by atoms with E-state index in [2.05, 4.69) is 0 Å². The second kappa shape index (κ2) is 8.20. The minimum absolute atomic E-state index is 0.00577. The number of likely N-dealkylation sites (tertiary alicyclic amines) is 1. The van der Waals surface area contributed by atoms with Crippen LogP contribution in [0.2, 0.25) is 0 Å². The van der Waals surface area contributed by atoms with E-state index in [1.165, 1.54) is 24.1 Å². The van der Waals surface area contributed by atoms with Crippen LogP contribution >= 0.6 is 0 Å². The molecule has 0 radical (unpaired) electrons. The third-order valence-electron chi connectivity index (χ3n) is 5.51. The number of rotatable bonds is 5. The van der Waals surface area contributed by atoms with E-state index in [4.69, 9.17) is 9.47 Å². The molecule has 4 rings (SSSR count). The number of phenols is 1. The lowest BCUT2D eigenvalue weighted by molar-refractivity contribution is -0.140. The number of ketones is 1. The number of hydrogen-bond acceptors (Lipinski definition) is 6. The molecular formula is C23H23NO6. The van der Waals surface area contributed by atoms with Crippen molar-refractivity contribution in [1.29, 1.82) is 0 Å². The minimum Gasteiger partial charge on any atom is -0.508 e. The van der Waals surface area contributed by atoms with Gasteiger partial charge >= 0.3 is 0 Å². The maximum Gasteiger partial charge on any atom is 0.295 e. The van der Waals surface area contributed by atoms with E-state index in [0.29, 0.717) is 23.5 Å². The van der Waals surface area contributed by atoms with E-state index >= 15 is 0 Å². The molecule has 0 aromatic heterocycles. The van der Waals surface area contributed by atoms with Gasteiger partial charge in [-0.15, -0.1) is 0 Å². The second-order valence-corrected chi connectivity index (χ2v) is 7.41. The Morgan fingerprint density at radius 2 is 1.97 bits per heavy atom. The van der Waals surface area contributed by atoms with Crippen molar-refractivity contribution < 1.29 is 29.3 Å². The summed E-state index contributed by atoms with van der Waals surface area (Å²) in [7, 11) is 1.54. The lowest BCUT2D eigenvalue weighted by Gasteiger charge is -2.27. The third-order valence-corrected chi connectivity index (χ3v) is 5.51. The van der Waals surface area contributed by atoms with Crippen molar-refractivity contribution in [2.75, 3.05) is 20.3 Å². The van der Waals surface area contributed by atoms with Gasteiger partial charge in [-0.25, -0.2) is 0 Å². The number of carbonyl (C=O) groups excluding carboxylic acids is 2. The number of aromatic hydroxyl groups is 1. The largest absolute Gasteiger partial charge is 0.508 e. The number of methoxy groups -OCH3 is 1. The topological polar surface area (TPSA) is 96.3 Å². The fraction of sp³-hybridized carbons (Fsp3) is 0.304. The first-order valence-electron chi connectivity index (χ1n) is 9.83. The Bertz CT molecular complexity index is 991. The van der Waals surface area contributed by atoms with Gasteiger partial charge in [0.2, 0.25) is 0 Å². The summed E-state index contributed by atoms with van der Waals surface area (Å²) >= 11 is 0. The molecular weight excluding hydrogens is 386 g/mol. The van der Waals surface area contributed by atoms with Gasteiger partial charge in [-0.1, -0.05) is 12.1 Å². The van der Waals surface area contributed by atoms with Crippen LogP contribution in [0.3, 0.4) is 0 Å². The third kappa shape index (κ3) is 3.64. The predicted molar refractivity (Wildman–Crippen MR) is 109 cm³/mol. The Labute approximate surface area is 174 Å². The summed E-state index contributed by atoms with van der Waals surface area (Å²) in [5.74, 6) is -1.09. The summed E-state index contributed by atoms with van der Waals surface area (Å²) in [4.78, 5) is 27.3. The zero-order chi connectivity index (χ0) is 21.3. The van der Waals surface area contributed by atoms with E-state index in [0.717, 1.165) is 12.8 Å². The van der Waals surface area contributed by atoms with Crippen molar-refractivity contribution in [3.05, 3.63) is 65.2 Å². The van der Waals surface area contributed by atoms with Crippen molar-refractivity contribution >= 4 is 17.4 Å². The molecule has 156 valence electrons. The highest BCUT2D eigenvalue weighted by Crippen LogP contribution is 2.40. The van der Waals surface area contributed by atoms with Crippen LogP contribution in [0.25, 0.3) is 5.76 Å². The van der Waals surface area contributed by atoms with Gasteiger partial charge in [-0.05, 0) is 54.8 Å². The number of aliphatic hydroxyl groups is 1. The molecule has 0 spiro atoms. The zero-order valence-electron chi connectivity index (χ0n) is 16.6. The quantitative estimate of drug-likeness (QED) is 0.448. The maximum absolute atomic E-state index is 13.0. The van der Waals surface area contributed by atoms with Gasteiger partial charge in [0, 0.05) is 18.7 Å². The van der Waals surface area contributed by atoms with Gasteiger partial charge in [0.25, 0.3) is 11.7 Å². The average molecular weight is 409 g/mol. The van der Waals surface area contributed by atoms with Gasteiger partial charge in [-0.2, -0.15) is 0 Å². The van der Waals surface area contributed by atoms with Gasteiger partial charge in [0.1, 0.15) is 17.3 Å². The van der Waals surface area contributed by atoms with E-state index in [1.54, 1.807) is 36.4 Å². The Morgan fingerprint density at radius 3 is 2.60 bits per heavy atom. The van der Waals surface area contributed by atoms with Crippen molar-refractivity contribution in [3.8, 4) is 11.5 Å². The first kappa shape index (κ1) is 20.0. The van der Waals surface area contributed by atoms with Crippen LogP contribution < -0.4 is 4.74 Å². The fourth-order valence-corrected chi connectivity index (χ4v) is 4.02. The molecule has 1 amide bonds. The Balaban J connectivity index is 1.81. The summed E-state index contributed by atoms with van der Waals surface area (Å²) in [6.45, 7) is 0.863. The molecule has 7 heteroatoms. The van der Waals surface area contributed by atoms with Gasteiger partial charge in [0.15, 0.2) is 0 Å². The van der Waals surface area contributed by atoms with Crippen LogP contribution in [0.15, 0.2) is 54.1 Å². The molecule has 2 aromatic carbocycles. The smallest absolute Gasteiger partial charge is 0.295 e. The number of ether oxygens (including phenoxy) is 2. The van der Waals surface area contributed by atoms with Gasteiger partial charge in [-0.3, -0.25) is 9.59 Å². The predicted octanol–water partition coefficient (Wildman–Crippen LogP) is 3.00. The molecule has 30 heavy (non-hydrogen) atoms. The summed E-state index contributed by atoms with van der Waals surface area (Å²) in [5.41, 5.74) is 0.937. The number of carbonyl (C=O) groups is 2. The van der Waals surface area contributed by atoms with Crippen LogP contribution in [-0.4, -0.2) is 53.2 Å². The van der Waals surface area contributed by atoms with Gasteiger partial charge < -0.3 is 24.6 Å². The number of phenolic OH excluding ortho intramolecular Hbond substituents is 1. The zero-order valence-corrected chi connectivity index (χ0v) is 16.6. The molecule has 2 saturated heterocycles. The standard InChI is InChI=1S/C23H23NO6/c1-29-17-9-7-14(8-10-17)21(26)19-20(15-4-2-5-16(25)12-15)24(23(28)22(19)27)13-18-6-3-11-30-18/h2,4-5,7-10,12,18,20,25-26H,3,6,11,13H2,1H3/b21-19+/t18-,20+/m0/s1. The van der Waals surface area contributed by atoms with E-state index in [9.17, 15) is 19.8 Å². The number of Topliss-reactive ketones (excluding diaryl/α,β-unsaturated/α-hetero) is 1. The Kier molecular flexibility index (Phi) is 5.46. The van der Waals surface area contributed by atoms with E-state index in [1.807, 2.05) is 0 Å². The van der Waals surface area contributed by atoms with Crippen LogP contribution in [0, 0.1) is 0 Å². The van der Waals surface area contributed by atoms with Crippen molar-refractivity contribution in [2.24, 2.45) is 0 Å². The molecule has 2 atom stereocenters. The molecule has 0 saturated carbocycles. The minimum atomic E-state index is -0.816. The summed E-state index contributed by atoms with van der Waals surface area (Å²) in [5, 5.41) is 21.0. The van der Waals surface area contributed by atoms with Crippen molar-refractivity contribution in [1.82, 2.24) is 4.90 Å². The first-order valence-corrected chi connectivity index (χ1v) is 9.83. The maximum atomic E-state index is 13.0. The van der Waals surface area contributed by atoms with Crippen molar-refractivity contribution in [2.45, 2.75) is 25.0 Å². The summed E-state index contributed by atoms with van der Waals surface area (Å²) in [6, 6.07) is 12.1. The normalized spacial score (nSPS) is 23.2. The molecule has 0 bridgehead atoms. The van der Waals surface area contributed by atoms with Crippen LogP contribution in [0.1, 0.15) is 30.0 Å². The highest BCUT2D eigenvalue weighted by Gasteiger charge is 2.47. The van der Waals surface area contributed by atoms with E-state index in [-0.39, 0.29) is 29.7 Å². The number of aliphatic hydroxyl groups excluding tert-OH is 1. The molecule has 2 aliphatic heterocycles. The van der Waals surface area contributed by atoms with Crippen LogP contribution in [-0.2, 0) is 14.3 Å². The Hall–Kier alpha value is -3.32. The Morgan fingerprint density at radius 1 is 1.20 bits per heavy atom. The number of amides is 1. The summed E-state index contributed by atoms with van der Waals surface area (Å²) in [6.07, 6.45) is 1.54. The molecule has 7 nitrogen and oxygen atoms in total. The molecule has 2 aromatic rings. The molecule has 2 N–H and O–H groups in total. The molecule has 0 unspecified atom stereocenters. The monoisotopic (exact) mass is 409 g/mol. The van der Waals surface area contributed by atoms with E-state index < -0.39 is 17.7 Å². The highest BCUT2D eigenvalue weighted by atomic mass is 16.5. The molecule has 2 fully saturated rings. The van der Waals surface area contributed by atoms with Crippen molar-refractivity contribution in [3.63, 3.8) is 0 Å². The summed E-state index contributed by atoms with van der Waals surface area (Å²) < 4.78 is 10.8. The van der Waals surface area contributed by atoms with Gasteiger partial charge in [0.05, 0.1) is 24.8 Å². The highest BCUT2D eigenvalue weighted by molar-refractivity contribution is 6.46. The lowest BCUT2D eigenvalue weighted by atomic mass is 9.95. The first-order chi connectivity index (χ1) is 14.5.